The quantitative estimate of drug-likeness (QED) is 0.923. The lowest BCUT2D eigenvalue weighted by atomic mass is 10.0. The number of rotatable bonds is 5. The molecule has 0 radical (unpaired) electrons. The zero-order valence-corrected chi connectivity index (χ0v) is 11.3. The molecule has 1 aromatic heterocycles. The van der Waals surface area contributed by atoms with Gasteiger partial charge in [0.2, 0.25) is 0 Å². The summed E-state index contributed by atoms with van der Waals surface area (Å²) in [5.41, 5.74) is 1.38. The Morgan fingerprint density at radius 1 is 1.29 bits per heavy atom. The van der Waals surface area contributed by atoms with Gasteiger partial charge in [-0.15, -0.1) is 13.2 Å². The summed E-state index contributed by atoms with van der Waals surface area (Å²) in [6.07, 6.45) is -1.69. The van der Waals surface area contributed by atoms with E-state index in [1.165, 1.54) is 24.3 Å². The van der Waals surface area contributed by atoms with Crippen molar-refractivity contribution in [3.63, 3.8) is 0 Å². The second kappa shape index (κ2) is 6.17. The van der Waals surface area contributed by atoms with Gasteiger partial charge >= 0.3 is 6.36 Å². The summed E-state index contributed by atoms with van der Waals surface area (Å²) in [7, 11) is 0. The highest BCUT2D eigenvalue weighted by Crippen LogP contribution is 2.25. The Kier molecular flexibility index (Phi) is 4.52. The number of aliphatic hydroxyl groups excluding tert-OH is 1. The average molecular weight is 300 g/mol. The highest BCUT2D eigenvalue weighted by atomic mass is 19.4. The summed E-state index contributed by atoms with van der Waals surface area (Å²) in [5.74, 6) is -0.308. The topological polar surface area (TPSA) is 47.3 Å². The van der Waals surface area contributed by atoms with Crippen molar-refractivity contribution in [3.8, 4) is 5.75 Å². The van der Waals surface area contributed by atoms with Crippen molar-refractivity contribution in [1.82, 2.24) is 9.78 Å². The lowest BCUT2D eigenvalue weighted by Crippen LogP contribution is -2.17. The van der Waals surface area contributed by atoms with Gasteiger partial charge in [-0.3, -0.25) is 4.68 Å². The van der Waals surface area contributed by atoms with Gasteiger partial charge in [-0.1, -0.05) is 12.1 Å². The molecule has 1 heterocycles. The molecule has 0 aliphatic rings. The van der Waals surface area contributed by atoms with Crippen LogP contribution in [0.3, 0.4) is 0 Å². The summed E-state index contributed by atoms with van der Waals surface area (Å²) in [5, 5.41) is 14.2. The molecule has 2 aromatic rings. The zero-order chi connectivity index (χ0) is 15.5. The highest BCUT2D eigenvalue weighted by Gasteiger charge is 2.31. The van der Waals surface area contributed by atoms with Gasteiger partial charge in [0.1, 0.15) is 5.75 Å². The number of hydrogen-bond acceptors (Lipinski definition) is 3. The second-order valence-corrected chi connectivity index (χ2v) is 4.54. The lowest BCUT2D eigenvalue weighted by molar-refractivity contribution is -0.274. The number of aliphatic hydroxyl groups is 1. The van der Waals surface area contributed by atoms with Crippen LogP contribution >= 0.6 is 0 Å². The Morgan fingerprint density at radius 3 is 2.48 bits per heavy atom. The minimum atomic E-state index is -4.71. The maximum absolute atomic E-state index is 12.0. The lowest BCUT2D eigenvalue weighted by Gasteiger charge is -2.12. The molecule has 4 nitrogen and oxygen atoms in total. The molecule has 1 N–H and O–H groups in total. The second-order valence-electron chi connectivity index (χ2n) is 4.54. The van der Waals surface area contributed by atoms with Crippen molar-refractivity contribution >= 4 is 0 Å². The standard InChI is InChI=1S/C14H15F3N2O2/c1-2-19-9-10(8-18-19)7-13(20)11-3-5-12(6-4-11)21-14(15,16)17/h3-6,8-9,13,20H,2,7H2,1H3. The zero-order valence-electron chi connectivity index (χ0n) is 11.3. The first kappa shape index (κ1) is 15.4. The van der Waals surface area contributed by atoms with Crippen LogP contribution in [0.1, 0.15) is 24.2 Å². The minimum Gasteiger partial charge on any atom is -0.406 e. The van der Waals surface area contributed by atoms with Crippen LogP contribution < -0.4 is 4.74 Å². The SMILES string of the molecule is CCn1cc(CC(O)c2ccc(OC(F)(F)F)cc2)cn1. The van der Waals surface area contributed by atoms with Gasteiger partial charge < -0.3 is 9.84 Å². The van der Waals surface area contributed by atoms with Crippen molar-refractivity contribution in [2.75, 3.05) is 0 Å². The normalized spacial score (nSPS) is 13.2. The molecule has 1 aromatic carbocycles. The molecule has 0 amide bonds. The third-order valence-corrected chi connectivity index (χ3v) is 2.94. The molecule has 21 heavy (non-hydrogen) atoms. The van der Waals surface area contributed by atoms with Crippen LogP contribution in [0.15, 0.2) is 36.7 Å². The first-order valence-electron chi connectivity index (χ1n) is 6.42. The van der Waals surface area contributed by atoms with Crippen molar-refractivity contribution in [2.45, 2.75) is 32.4 Å². The van der Waals surface area contributed by atoms with E-state index in [2.05, 4.69) is 9.84 Å². The van der Waals surface area contributed by atoms with Gasteiger partial charge in [0.25, 0.3) is 0 Å². The minimum absolute atomic E-state index is 0.308. The molecule has 0 spiro atoms. The van der Waals surface area contributed by atoms with Crippen LogP contribution in [-0.2, 0) is 13.0 Å². The van der Waals surface area contributed by atoms with E-state index >= 15 is 0 Å². The Hall–Kier alpha value is -2.02. The van der Waals surface area contributed by atoms with Crippen LogP contribution in [0.5, 0.6) is 5.75 Å². The summed E-state index contributed by atoms with van der Waals surface area (Å²) >= 11 is 0. The van der Waals surface area contributed by atoms with Crippen molar-refractivity contribution in [1.29, 1.82) is 0 Å². The first-order chi connectivity index (χ1) is 9.87. The van der Waals surface area contributed by atoms with Gasteiger partial charge in [0.15, 0.2) is 0 Å². The van der Waals surface area contributed by atoms with E-state index in [0.29, 0.717) is 12.0 Å². The van der Waals surface area contributed by atoms with Crippen molar-refractivity contribution in [3.05, 3.63) is 47.8 Å². The highest BCUT2D eigenvalue weighted by molar-refractivity contribution is 5.29. The predicted octanol–water partition coefficient (Wildman–Crippen LogP) is 3.08. The number of hydrogen-bond donors (Lipinski definition) is 1. The molecule has 0 aliphatic carbocycles. The third-order valence-electron chi connectivity index (χ3n) is 2.94. The number of alkyl halides is 3. The number of halogens is 3. The van der Waals surface area contributed by atoms with Gasteiger partial charge in [0.05, 0.1) is 12.3 Å². The third kappa shape index (κ3) is 4.49. The maximum atomic E-state index is 12.0. The number of nitrogens with zero attached hydrogens (tertiary/aromatic N) is 2. The van der Waals surface area contributed by atoms with E-state index in [-0.39, 0.29) is 5.75 Å². The molecule has 0 aliphatic heterocycles. The summed E-state index contributed by atoms with van der Waals surface area (Å²) in [4.78, 5) is 0. The van der Waals surface area contributed by atoms with E-state index in [9.17, 15) is 18.3 Å². The summed E-state index contributed by atoms with van der Waals surface area (Å²) in [6.45, 7) is 2.69. The van der Waals surface area contributed by atoms with E-state index in [4.69, 9.17) is 0 Å². The molecule has 0 saturated heterocycles. The molecule has 7 heteroatoms. The first-order valence-corrected chi connectivity index (χ1v) is 6.42. The number of aryl methyl sites for hydroxylation is 1. The van der Waals surface area contributed by atoms with Gasteiger partial charge in [-0.25, -0.2) is 0 Å². The van der Waals surface area contributed by atoms with Gasteiger partial charge in [0, 0.05) is 19.2 Å². The smallest absolute Gasteiger partial charge is 0.406 e. The van der Waals surface area contributed by atoms with Gasteiger partial charge in [-0.2, -0.15) is 5.10 Å². The Morgan fingerprint density at radius 2 is 1.95 bits per heavy atom. The number of ether oxygens (including phenoxy) is 1. The maximum Gasteiger partial charge on any atom is 0.573 e. The molecule has 1 unspecified atom stereocenters. The van der Waals surface area contributed by atoms with E-state index < -0.39 is 12.5 Å². The van der Waals surface area contributed by atoms with Crippen molar-refractivity contribution in [2.24, 2.45) is 0 Å². The molecule has 114 valence electrons. The molecule has 0 saturated carbocycles. The number of aromatic nitrogens is 2. The number of benzene rings is 1. The monoisotopic (exact) mass is 300 g/mol. The Labute approximate surface area is 119 Å². The Balaban J connectivity index is 2.00. The van der Waals surface area contributed by atoms with Crippen LogP contribution in [0.2, 0.25) is 0 Å². The van der Waals surface area contributed by atoms with Gasteiger partial charge in [-0.05, 0) is 30.2 Å². The largest absolute Gasteiger partial charge is 0.573 e. The molecule has 0 fully saturated rings. The fourth-order valence-corrected chi connectivity index (χ4v) is 1.92. The average Bonchev–Trinajstić information content (AvgIpc) is 2.85. The van der Waals surface area contributed by atoms with Crippen LogP contribution in [0, 0.1) is 0 Å². The van der Waals surface area contributed by atoms with Crippen LogP contribution in [-0.4, -0.2) is 21.2 Å². The van der Waals surface area contributed by atoms with E-state index in [1.807, 2.05) is 13.1 Å². The van der Waals surface area contributed by atoms with Crippen LogP contribution in [0.4, 0.5) is 13.2 Å². The predicted molar refractivity (Wildman–Crippen MR) is 69.7 cm³/mol. The van der Waals surface area contributed by atoms with Crippen LogP contribution in [0.25, 0.3) is 0 Å². The molecular formula is C14H15F3N2O2. The fourth-order valence-electron chi connectivity index (χ4n) is 1.92. The molecular weight excluding hydrogens is 285 g/mol. The molecule has 0 bridgehead atoms. The Bertz CT molecular complexity index is 579. The van der Waals surface area contributed by atoms with E-state index in [0.717, 1.165) is 12.1 Å². The van der Waals surface area contributed by atoms with Crippen molar-refractivity contribution < 1.29 is 23.0 Å². The summed E-state index contributed by atoms with van der Waals surface area (Å²) in [6, 6.07) is 5.19. The molecule has 2 rings (SSSR count). The molecule has 1 atom stereocenters. The summed E-state index contributed by atoms with van der Waals surface area (Å²) < 4.78 is 41.6. The van der Waals surface area contributed by atoms with E-state index in [1.54, 1.807) is 10.9 Å². The fraction of sp³-hybridized carbons (Fsp3) is 0.357.